The molecule has 0 amide bonds. The largest absolute Gasteiger partial charge is 0.299 e. The number of fused-ring (bicyclic) bond motifs is 1. The van der Waals surface area contributed by atoms with Crippen molar-refractivity contribution in [2.45, 2.75) is 96.3 Å². The Morgan fingerprint density at radius 3 is 1.73 bits per heavy atom. The van der Waals surface area contributed by atoms with Crippen LogP contribution in [0.25, 0.3) is 0 Å². The van der Waals surface area contributed by atoms with E-state index in [4.69, 9.17) is 0 Å². The van der Waals surface area contributed by atoms with Crippen molar-refractivity contribution in [1.82, 2.24) is 0 Å². The Kier molecular flexibility index (Phi) is 4.35. The molecule has 0 aliphatic heterocycles. The molecule has 0 bridgehead atoms. The van der Waals surface area contributed by atoms with Crippen LogP contribution in [-0.2, 0) is 4.79 Å². The molecule has 0 aromatic rings. The van der Waals surface area contributed by atoms with Gasteiger partial charge in [0.1, 0.15) is 5.78 Å². The molecule has 0 spiro atoms. The quantitative estimate of drug-likeness (QED) is 0.619. The first kappa shape index (κ1) is 15.2. The van der Waals surface area contributed by atoms with E-state index in [0.29, 0.717) is 17.1 Å². The van der Waals surface area contributed by atoms with Gasteiger partial charge in [-0.15, -0.1) is 0 Å². The van der Waals surface area contributed by atoms with Crippen molar-refractivity contribution in [1.29, 1.82) is 0 Å². The van der Waals surface area contributed by atoms with Crippen molar-refractivity contribution in [3.05, 3.63) is 0 Å². The van der Waals surface area contributed by atoms with E-state index in [9.17, 15) is 4.79 Å². The Morgan fingerprint density at radius 2 is 1.14 bits per heavy atom. The maximum absolute atomic E-state index is 12.9. The van der Waals surface area contributed by atoms with Crippen LogP contribution in [0.5, 0.6) is 0 Å². The van der Waals surface area contributed by atoms with Gasteiger partial charge in [-0.05, 0) is 61.7 Å². The SMILES string of the molecule is O=C1CC(C2CCCCC2)(C2CCCCC2)C2CCCCC12. The Labute approximate surface area is 136 Å². The highest BCUT2D eigenvalue weighted by Crippen LogP contribution is 2.63. The van der Waals surface area contributed by atoms with Gasteiger partial charge < -0.3 is 0 Å². The highest BCUT2D eigenvalue weighted by Gasteiger charge is 2.59. The summed E-state index contributed by atoms with van der Waals surface area (Å²) in [4.78, 5) is 12.9. The Balaban J connectivity index is 1.69. The van der Waals surface area contributed by atoms with E-state index in [0.717, 1.165) is 24.2 Å². The summed E-state index contributed by atoms with van der Waals surface area (Å²) in [6.45, 7) is 0. The van der Waals surface area contributed by atoms with Gasteiger partial charge >= 0.3 is 0 Å². The lowest BCUT2D eigenvalue weighted by Gasteiger charge is -2.52. The van der Waals surface area contributed by atoms with Crippen molar-refractivity contribution < 1.29 is 4.79 Å². The van der Waals surface area contributed by atoms with Crippen LogP contribution < -0.4 is 0 Å². The number of ketones is 1. The fraction of sp³-hybridized carbons (Fsp3) is 0.952. The van der Waals surface area contributed by atoms with Crippen molar-refractivity contribution in [3.63, 3.8) is 0 Å². The van der Waals surface area contributed by atoms with Crippen LogP contribution in [0.4, 0.5) is 0 Å². The van der Waals surface area contributed by atoms with Gasteiger partial charge in [0.2, 0.25) is 0 Å². The summed E-state index contributed by atoms with van der Waals surface area (Å²) < 4.78 is 0. The van der Waals surface area contributed by atoms with Crippen molar-refractivity contribution in [3.8, 4) is 0 Å². The number of hydrogen-bond donors (Lipinski definition) is 0. The lowest BCUT2D eigenvalue weighted by Crippen LogP contribution is -2.45. The molecule has 2 atom stereocenters. The molecule has 4 aliphatic rings. The minimum atomic E-state index is 0.447. The summed E-state index contributed by atoms with van der Waals surface area (Å²) in [7, 11) is 0. The molecule has 4 aliphatic carbocycles. The number of Topliss-reactive ketones (excluding diaryl/α,β-unsaturated/α-hetero) is 1. The maximum Gasteiger partial charge on any atom is 0.136 e. The van der Waals surface area contributed by atoms with Crippen LogP contribution >= 0.6 is 0 Å². The Morgan fingerprint density at radius 1 is 0.636 bits per heavy atom. The van der Waals surface area contributed by atoms with Crippen LogP contribution in [0.1, 0.15) is 96.3 Å². The molecule has 0 radical (unpaired) electrons. The second kappa shape index (κ2) is 6.29. The van der Waals surface area contributed by atoms with Crippen LogP contribution in [0.15, 0.2) is 0 Å². The average molecular weight is 303 g/mol. The van der Waals surface area contributed by atoms with E-state index in [1.807, 2.05) is 0 Å². The molecule has 2 unspecified atom stereocenters. The molecule has 1 heteroatoms. The zero-order chi connectivity index (χ0) is 15.0. The Hall–Kier alpha value is -0.330. The average Bonchev–Trinajstić information content (AvgIpc) is 2.91. The first-order valence-electron chi connectivity index (χ1n) is 10.3. The minimum Gasteiger partial charge on any atom is -0.299 e. The number of hydrogen-bond acceptors (Lipinski definition) is 1. The van der Waals surface area contributed by atoms with Gasteiger partial charge in [0.05, 0.1) is 0 Å². The zero-order valence-electron chi connectivity index (χ0n) is 14.3. The predicted octanol–water partition coefficient (Wildman–Crippen LogP) is 5.91. The summed E-state index contributed by atoms with van der Waals surface area (Å²) in [6, 6.07) is 0. The number of rotatable bonds is 2. The van der Waals surface area contributed by atoms with E-state index in [1.165, 1.54) is 89.9 Å². The van der Waals surface area contributed by atoms with Crippen LogP contribution in [0, 0.1) is 29.1 Å². The summed E-state index contributed by atoms with van der Waals surface area (Å²) in [5, 5.41) is 0. The lowest BCUT2D eigenvalue weighted by atomic mass is 9.52. The Bertz CT molecular complexity index is 382. The normalized spacial score (nSPS) is 37.2. The number of carbonyl (C=O) groups excluding carboxylic acids is 1. The highest BCUT2D eigenvalue weighted by atomic mass is 16.1. The standard InChI is InChI=1S/C21H34O/c22-20-15-21(16-9-3-1-4-10-16,17-11-5-2-6-12-17)19-14-8-7-13-18(19)20/h16-19H,1-15H2. The fourth-order valence-electron chi connectivity index (χ4n) is 7.23. The maximum atomic E-state index is 12.9. The monoisotopic (exact) mass is 302 g/mol. The molecule has 22 heavy (non-hydrogen) atoms. The molecule has 0 aromatic carbocycles. The van der Waals surface area contributed by atoms with E-state index in [2.05, 4.69) is 0 Å². The van der Waals surface area contributed by atoms with Crippen molar-refractivity contribution >= 4 is 5.78 Å². The molecule has 4 fully saturated rings. The summed E-state index contributed by atoms with van der Waals surface area (Å²) in [5.74, 6) is 3.71. The zero-order valence-corrected chi connectivity index (χ0v) is 14.3. The third-order valence-electron chi connectivity index (χ3n) is 8.08. The minimum absolute atomic E-state index is 0.447. The van der Waals surface area contributed by atoms with Gasteiger partial charge in [-0.25, -0.2) is 0 Å². The van der Waals surface area contributed by atoms with Crippen LogP contribution in [-0.4, -0.2) is 5.78 Å². The van der Waals surface area contributed by atoms with E-state index >= 15 is 0 Å². The molecule has 4 rings (SSSR count). The van der Waals surface area contributed by atoms with Gasteiger partial charge in [-0.2, -0.15) is 0 Å². The molecule has 1 nitrogen and oxygen atoms in total. The summed E-state index contributed by atoms with van der Waals surface area (Å²) in [6.07, 6.45) is 20.7. The molecule has 4 saturated carbocycles. The fourth-order valence-corrected chi connectivity index (χ4v) is 7.23. The van der Waals surface area contributed by atoms with Gasteiger partial charge in [0.25, 0.3) is 0 Å². The summed E-state index contributed by atoms with van der Waals surface area (Å²) in [5.41, 5.74) is 0.447. The van der Waals surface area contributed by atoms with E-state index in [1.54, 1.807) is 0 Å². The molecule has 0 aromatic heterocycles. The van der Waals surface area contributed by atoms with Crippen molar-refractivity contribution in [2.75, 3.05) is 0 Å². The van der Waals surface area contributed by atoms with Crippen LogP contribution in [0.3, 0.4) is 0 Å². The van der Waals surface area contributed by atoms with E-state index < -0.39 is 0 Å². The predicted molar refractivity (Wildman–Crippen MR) is 90.7 cm³/mol. The van der Waals surface area contributed by atoms with Gasteiger partial charge in [-0.3, -0.25) is 4.79 Å². The molecular weight excluding hydrogens is 268 g/mol. The van der Waals surface area contributed by atoms with Gasteiger partial charge in [-0.1, -0.05) is 51.4 Å². The molecular formula is C21H34O. The van der Waals surface area contributed by atoms with Gasteiger partial charge in [0.15, 0.2) is 0 Å². The third-order valence-corrected chi connectivity index (χ3v) is 8.08. The van der Waals surface area contributed by atoms with Gasteiger partial charge in [0, 0.05) is 12.3 Å². The lowest BCUT2D eigenvalue weighted by molar-refractivity contribution is -0.122. The first-order valence-corrected chi connectivity index (χ1v) is 10.3. The molecule has 0 saturated heterocycles. The second-order valence-corrected chi connectivity index (χ2v) is 8.92. The van der Waals surface area contributed by atoms with E-state index in [-0.39, 0.29) is 0 Å². The topological polar surface area (TPSA) is 17.1 Å². The highest BCUT2D eigenvalue weighted by molar-refractivity contribution is 5.85. The molecule has 0 N–H and O–H groups in total. The molecule has 124 valence electrons. The van der Waals surface area contributed by atoms with Crippen LogP contribution in [0.2, 0.25) is 0 Å². The second-order valence-electron chi connectivity index (χ2n) is 8.92. The third kappa shape index (κ3) is 2.38. The molecule has 0 heterocycles. The number of carbonyl (C=O) groups is 1. The smallest absolute Gasteiger partial charge is 0.136 e. The first-order chi connectivity index (χ1) is 10.8. The summed E-state index contributed by atoms with van der Waals surface area (Å²) >= 11 is 0. The van der Waals surface area contributed by atoms with Crippen molar-refractivity contribution in [2.24, 2.45) is 29.1 Å².